The molecule has 1 rings (SSSR count). The van der Waals surface area contributed by atoms with Crippen LogP contribution in [0.3, 0.4) is 0 Å². The van der Waals surface area contributed by atoms with Crippen molar-refractivity contribution in [3.63, 3.8) is 0 Å². The van der Waals surface area contributed by atoms with Crippen LogP contribution in [0.5, 0.6) is 11.5 Å². The summed E-state index contributed by atoms with van der Waals surface area (Å²) in [5, 5.41) is 35.7. The first-order valence-corrected chi connectivity index (χ1v) is 4.24. The van der Waals surface area contributed by atoms with Gasteiger partial charge in [0.25, 0.3) is 0 Å². The van der Waals surface area contributed by atoms with Gasteiger partial charge in [0.05, 0.1) is 11.1 Å². The number of nitrogens with zero attached hydrogens (tertiary/aromatic N) is 3. The van der Waals surface area contributed by atoms with Gasteiger partial charge >= 0.3 is 5.69 Å². The lowest BCUT2D eigenvalue weighted by Crippen LogP contribution is -2.21. The lowest BCUT2D eigenvalue weighted by molar-refractivity contribution is -0.385. The molecule has 0 aliphatic heterocycles. The number of nitrogens with two attached hydrogens (primary N) is 2. The molecule has 0 aromatic heterocycles. The molecule has 0 saturated heterocycles. The predicted octanol–water partition coefficient (Wildman–Crippen LogP) is -0.387. The summed E-state index contributed by atoms with van der Waals surface area (Å²) in [6.07, 6.45) is 1.02. The Bertz CT molecular complexity index is 507. The van der Waals surface area contributed by atoms with E-state index in [9.17, 15) is 20.3 Å². The van der Waals surface area contributed by atoms with Crippen LogP contribution in [0.15, 0.2) is 22.3 Å². The van der Waals surface area contributed by atoms with Gasteiger partial charge in [0, 0.05) is 17.7 Å². The summed E-state index contributed by atoms with van der Waals surface area (Å²) in [7, 11) is 0. The Kier molecular flexibility index (Phi) is 3.44. The van der Waals surface area contributed by atoms with Gasteiger partial charge in [-0.15, -0.1) is 5.10 Å². The van der Waals surface area contributed by atoms with E-state index in [1.165, 1.54) is 0 Å². The Hall–Kier alpha value is -2.84. The minimum Gasteiger partial charge on any atom is -0.507 e. The zero-order valence-corrected chi connectivity index (χ0v) is 8.44. The zero-order chi connectivity index (χ0) is 13.0. The molecule has 17 heavy (non-hydrogen) atoms. The van der Waals surface area contributed by atoms with Crippen LogP contribution in [0.4, 0.5) is 5.69 Å². The van der Waals surface area contributed by atoms with E-state index in [4.69, 9.17) is 11.5 Å². The quantitative estimate of drug-likeness (QED) is 0.243. The third kappa shape index (κ3) is 3.06. The smallest absolute Gasteiger partial charge is 0.311 e. The van der Waals surface area contributed by atoms with Crippen molar-refractivity contribution in [1.82, 2.24) is 0 Å². The van der Waals surface area contributed by atoms with E-state index in [2.05, 4.69) is 10.2 Å². The van der Waals surface area contributed by atoms with Crippen LogP contribution in [0, 0.1) is 10.1 Å². The first kappa shape index (κ1) is 12.2. The summed E-state index contributed by atoms with van der Waals surface area (Å²) in [4.78, 5) is 9.72. The van der Waals surface area contributed by atoms with Gasteiger partial charge in [0.2, 0.25) is 5.96 Å². The van der Waals surface area contributed by atoms with Crippen molar-refractivity contribution in [2.24, 2.45) is 21.7 Å². The van der Waals surface area contributed by atoms with Gasteiger partial charge in [-0.3, -0.25) is 10.1 Å². The van der Waals surface area contributed by atoms with E-state index in [0.29, 0.717) is 0 Å². The molecular formula is C8H9N5O4. The van der Waals surface area contributed by atoms with E-state index in [-0.39, 0.29) is 17.3 Å². The average molecular weight is 239 g/mol. The fourth-order valence-corrected chi connectivity index (χ4v) is 0.989. The normalized spacial score (nSPS) is 10.4. The highest BCUT2D eigenvalue weighted by Gasteiger charge is 2.16. The van der Waals surface area contributed by atoms with Crippen LogP contribution in [-0.4, -0.2) is 27.3 Å². The minimum absolute atomic E-state index is 0.000463. The van der Waals surface area contributed by atoms with Crippen LogP contribution < -0.4 is 11.5 Å². The summed E-state index contributed by atoms with van der Waals surface area (Å²) < 4.78 is 0. The molecule has 0 radical (unpaired) electrons. The van der Waals surface area contributed by atoms with Crippen LogP contribution in [-0.2, 0) is 0 Å². The van der Waals surface area contributed by atoms with Crippen molar-refractivity contribution in [3.05, 3.63) is 27.8 Å². The monoisotopic (exact) mass is 239 g/mol. The van der Waals surface area contributed by atoms with Gasteiger partial charge in [0.15, 0.2) is 5.75 Å². The van der Waals surface area contributed by atoms with E-state index in [0.717, 1.165) is 18.3 Å². The number of rotatable bonds is 3. The van der Waals surface area contributed by atoms with E-state index >= 15 is 0 Å². The van der Waals surface area contributed by atoms with Crippen molar-refractivity contribution in [2.75, 3.05) is 0 Å². The fourth-order valence-electron chi connectivity index (χ4n) is 0.989. The molecule has 90 valence electrons. The maximum absolute atomic E-state index is 10.5. The molecule has 0 amide bonds. The highest BCUT2D eigenvalue weighted by molar-refractivity contribution is 5.86. The Morgan fingerprint density at radius 2 is 2.00 bits per heavy atom. The standard InChI is InChI=1S/C8H9N5O4/c9-8(10)12-11-3-4-1-5(13(16)17)7(15)2-6(4)14/h1-3,14-15H,(H4,9,10,12)/b11-3+. The summed E-state index contributed by atoms with van der Waals surface area (Å²) in [5.74, 6) is -1.33. The number of phenols is 2. The van der Waals surface area contributed by atoms with Crippen LogP contribution >= 0.6 is 0 Å². The lowest BCUT2D eigenvalue weighted by atomic mass is 10.2. The van der Waals surface area contributed by atoms with E-state index < -0.39 is 16.4 Å². The number of nitro benzene ring substituents is 1. The van der Waals surface area contributed by atoms with Gasteiger partial charge in [-0.05, 0) is 0 Å². The largest absolute Gasteiger partial charge is 0.507 e. The summed E-state index contributed by atoms with van der Waals surface area (Å²) >= 11 is 0. The number of guanidine groups is 1. The second kappa shape index (κ2) is 4.79. The third-order valence-corrected chi connectivity index (χ3v) is 1.69. The van der Waals surface area contributed by atoms with Crippen LogP contribution in [0.2, 0.25) is 0 Å². The van der Waals surface area contributed by atoms with Crippen LogP contribution in [0.1, 0.15) is 5.56 Å². The maximum atomic E-state index is 10.5. The molecule has 0 saturated carbocycles. The molecule has 0 unspecified atom stereocenters. The Balaban J connectivity index is 3.17. The van der Waals surface area contributed by atoms with E-state index in [1.807, 2.05) is 0 Å². The topological polar surface area (TPSA) is 160 Å². The number of phenolic OH excluding ortho intramolecular Hbond substituents is 2. The molecule has 0 atom stereocenters. The third-order valence-electron chi connectivity index (χ3n) is 1.69. The summed E-state index contributed by atoms with van der Waals surface area (Å²) in [6, 6.07) is 1.77. The van der Waals surface area contributed by atoms with Crippen molar-refractivity contribution in [3.8, 4) is 11.5 Å². The van der Waals surface area contributed by atoms with Crippen molar-refractivity contribution >= 4 is 17.9 Å². The molecule has 1 aromatic rings. The fraction of sp³-hybridized carbons (Fsp3) is 0. The first-order valence-electron chi connectivity index (χ1n) is 4.24. The molecule has 0 aliphatic carbocycles. The molecule has 9 heteroatoms. The maximum Gasteiger partial charge on any atom is 0.311 e. The zero-order valence-electron chi connectivity index (χ0n) is 8.44. The molecule has 6 N–H and O–H groups in total. The first-order chi connectivity index (χ1) is 7.91. The Morgan fingerprint density at radius 1 is 1.35 bits per heavy atom. The molecule has 0 spiro atoms. The summed E-state index contributed by atoms with van der Waals surface area (Å²) in [5.41, 5.74) is 9.44. The van der Waals surface area contributed by atoms with E-state index in [1.54, 1.807) is 0 Å². The molecule has 0 aliphatic rings. The highest BCUT2D eigenvalue weighted by atomic mass is 16.6. The lowest BCUT2D eigenvalue weighted by Gasteiger charge is -2.00. The summed E-state index contributed by atoms with van der Waals surface area (Å²) in [6.45, 7) is 0. The average Bonchev–Trinajstić information content (AvgIpc) is 2.20. The number of benzene rings is 1. The molecule has 9 nitrogen and oxygen atoms in total. The van der Waals surface area contributed by atoms with Crippen molar-refractivity contribution in [2.45, 2.75) is 0 Å². The number of nitro groups is 1. The molecule has 0 fully saturated rings. The van der Waals surface area contributed by atoms with Gasteiger partial charge in [-0.25, -0.2) is 0 Å². The minimum atomic E-state index is -0.799. The number of aromatic hydroxyl groups is 2. The molecule has 0 bridgehead atoms. The van der Waals surface area contributed by atoms with Gasteiger partial charge in [-0.1, -0.05) is 0 Å². The molecule has 0 heterocycles. The van der Waals surface area contributed by atoms with Gasteiger partial charge in [0.1, 0.15) is 5.75 Å². The number of hydrogen-bond acceptors (Lipinski definition) is 6. The van der Waals surface area contributed by atoms with Crippen molar-refractivity contribution < 1.29 is 15.1 Å². The second-order valence-corrected chi connectivity index (χ2v) is 2.93. The number of hydrogen-bond donors (Lipinski definition) is 4. The van der Waals surface area contributed by atoms with Crippen molar-refractivity contribution in [1.29, 1.82) is 0 Å². The predicted molar refractivity (Wildman–Crippen MR) is 59.8 cm³/mol. The Morgan fingerprint density at radius 3 is 2.53 bits per heavy atom. The highest BCUT2D eigenvalue weighted by Crippen LogP contribution is 2.31. The van der Waals surface area contributed by atoms with Crippen LogP contribution in [0.25, 0.3) is 0 Å². The molecular weight excluding hydrogens is 230 g/mol. The van der Waals surface area contributed by atoms with Gasteiger partial charge < -0.3 is 21.7 Å². The van der Waals surface area contributed by atoms with Gasteiger partial charge in [-0.2, -0.15) is 5.10 Å². The second-order valence-electron chi connectivity index (χ2n) is 2.93. The SMILES string of the molecule is NC(N)=N/N=C/c1cc([N+](=O)[O-])c(O)cc1O. The molecule has 1 aromatic carbocycles. The Labute approximate surface area is 94.8 Å².